The molecule has 1 fully saturated rings. The first-order valence-electron chi connectivity index (χ1n) is 9.10. The molecule has 1 aliphatic rings. The number of aryl methyl sites for hydroxylation is 1. The van der Waals surface area contributed by atoms with Gasteiger partial charge in [0.25, 0.3) is 0 Å². The Morgan fingerprint density at radius 1 is 1.15 bits per heavy atom. The molecule has 4 rings (SSSR count). The van der Waals surface area contributed by atoms with Crippen molar-refractivity contribution in [3.8, 4) is 0 Å². The zero-order valence-electron chi connectivity index (χ0n) is 14.9. The molecule has 1 N–H and O–H groups in total. The number of nitrogens with zero attached hydrogens (tertiary/aromatic N) is 2. The van der Waals surface area contributed by atoms with E-state index in [-0.39, 0.29) is 0 Å². The SMILES string of the molecule is CCc1ccc(S(=O)(=O)N2CCC(c3c[nH]c4cccnc34)CC2)cc1. The number of benzene rings is 1. The highest BCUT2D eigenvalue weighted by Crippen LogP contribution is 2.33. The number of pyridine rings is 1. The smallest absolute Gasteiger partial charge is 0.243 e. The predicted molar refractivity (Wildman–Crippen MR) is 103 cm³/mol. The highest BCUT2D eigenvalue weighted by molar-refractivity contribution is 7.89. The van der Waals surface area contributed by atoms with Crippen molar-refractivity contribution in [2.45, 2.75) is 37.0 Å². The van der Waals surface area contributed by atoms with Crippen molar-refractivity contribution < 1.29 is 8.42 Å². The lowest BCUT2D eigenvalue weighted by Crippen LogP contribution is -2.37. The van der Waals surface area contributed by atoms with Crippen LogP contribution in [-0.2, 0) is 16.4 Å². The Balaban J connectivity index is 1.50. The lowest BCUT2D eigenvalue weighted by molar-refractivity contribution is 0.320. The van der Waals surface area contributed by atoms with Gasteiger partial charge in [-0.2, -0.15) is 4.31 Å². The lowest BCUT2D eigenvalue weighted by atomic mass is 9.91. The predicted octanol–water partition coefficient (Wildman–Crippen LogP) is 3.69. The van der Waals surface area contributed by atoms with Crippen LogP contribution in [-0.4, -0.2) is 35.8 Å². The molecule has 0 bridgehead atoms. The summed E-state index contributed by atoms with van der Waals surface area (Å²) in [6.45, 7) is 3.15. The van der Waals surface area contributed by atoms with Crippen LogP contribution in [0.4, 0.5) is 0 Å². The Kier molecular flexibility index (Phi) is 4.54. The van der Waals surface area contributed by atoms with E-state index in [0.29, 0.717) is 23.9 Å². The van der Waals surface area contributed by atoms with Crippen molar-refractivity contribution >= 4 is 21.1 Å². The fourth-order valence-corrected chi connectivity index (χ4v) is 5.21. The molecule has 3 aromatic rings. The van der Waals surface area contributed by atoms with E-state index in [0.717, 1.165) is 35.9 Å². The number of aromatic amines is 1. The van der Waals surface area contributed by atoms with Crippen LogP contribution in [0.1, 0.15) is 36.8 Å². The Bertz CT molecular complexity index is 1000. The Labute approximate surface area is 154 Å². The molecule has 136 valence electrons. The second-order valence-electron chi connectivity index (χ2n) is 6.82. The van der Waals surface area contributed by atoms with E-state index >= 15 is 0 Å². The number of fused-ring (bicyclic) bond motifs is 1. The molecule has 1 aromatic carbocycles. The van der Waals surface area contributed by atoms with Gasteiger partial charge < -0.3 is 4.98 Å². The molecule has 0 spiro atoms. The molecule has 2 aromatic heterocycles. The van der Waals surface area contributed by atoms with E-state index in [1.165, 1.54) is 5.56 Å². The van der Waals surface area contributed by atoms with Gasteiger partial charge in [-0.1, -0.05) is 19.1 Å². The van der Waals surface area contributed by atoms with Gasteiger partial charge in [0.2, 0.25) is 10.0 Å². The van der Waals surface area contributed by atoms with Crippen LogP contribution in [0.15, 0.2) is 53.7 Å². The first-order valence-corrected chi connectivity index (χ1v) is 10.5. The minimum Gasteiger partial charge on any atom is -0.360 e. The van der Waals surface area contributed by atoms with Gasteiger partial charge in [0.05, 0.1) is 15.9 Å². The van der Waals surface area contributed by atoms with E-state index in [9.17, 15) is 8.42 Å². The summed E-state index contributed by atoms with van der Waals surface area (Å²) in [5.74, 6) is 0.340. The molecule has 3 heterocycles. The number of H-pyrrole nitrogens is 1. The molecule has 5 nitrogen and oxygen atoms in total. The van der Waals surface area contributed by atoms with Crippen LogP contribution in [0.2, 0.25) is 0 Å². The summed E-state index contributed by atoms with van der Waals surface area (Å²) < 4.78 is 27.4. The molecule has 0 saturated carbocycles. The van der Waals surface area contributed by atoms with E-state index in [2.05, 4.69) is 16.9 Å². The number of piperidine rings is 1. The van der Waals surface area contributed by atoms with Gasteiger partial charge in [0, 0.05) is 25.5 Å². The van der Waals surface area contributed by atoms with Crippen molar-refractivity contribution in [2.24, 2.45) is 0 Å². The van der Waals surface area contributed by atoms with E-state index in [1.807, 2.05) is 30.5 Å². The maximum atomic E-state index is 12.9. The minimum atomic E-state index is -3.41. The highest BCUT2D eigenvalue weighted by Gasteiger charge is 2.30. The highest BCUT2D eigenvalue weighted by atomic mass is 32.2. The Morgan fingerprint density at radius 2 is 1.88 bits per heavy atom. The summed E-state index contributed by atoms with van der Waals surface area (Å²) in [6, 6.07) is 11.2. The average molecular weight is 369 g/mol. The molecule has 26 heavy (non-hydrogen) atoms. The van der Waals surface area contributed by atoms with Crippen molar-refractivity contribution in [3.05, 3.63) is 59.9 Å². The van der Waals surface area contributed by atoms with Crippen LogP contribution in [0.3, 0.4) is 0 Å². The third kappa shape index (κ3) is 3.04. The standard InChI is InChI=1S/C20H23N3O2S/c1-2-15-5-7-17(8-6-15)26(24,25)23-12-9-16(10-13-23)18-14-22-19-4-3-11-21-20(18)19/h3-8,11,14,16,22H,2,9-10,12-13H2,1H3. The summed E-state index contributed by atoms with van der Waals surface area (Å²) in [5.41, 5.74) is 4.39. The molecule has 0 amide bonds. The summed E-state index contributed by atoms with van der Waals surface area (Å²) in [7, 11) is -3.41. The zero-order valence-corrected chi connectivity index (χ0v) is 15.7. The fourth-order valence-electron chi connectivity index (χ4n) is 3.74. The van der Waals surface area contributed by atoms with Gasteiger partial charge in [-0.25, -0.2) is 8.42 Å². The van der Waals surface area contributed by atoms with Gasteiger partial charge in [0.1, 0.15) is 0 Å². The third-order valence-corrected chi connectivity index (χ3v) is 7.24. The summed E-state index contributed by atoms with van der Waals surface area (Å²) in [5, 5.41) is 0. The fraction of sp³-hybridized carbons (Fsp3) is 0.350. The molecule has 1 saturated heterocycles. The molecule has 1 aliphatic heterocycles. The second kappa shape index (κ2) is 6.85. The van der Waals surface area contributed by atoms with E-state index in [4.69, 9.17) is 0 Å². The normalized spacial score (nSPS) is 17.0. The molecule has 6 heteroatoms. The maximum Gasteiger partial charge on any atom is 0.243 e. The second-order valence-corrected chi connectivity index (χ2v) is 8.76. The lowest BCUT2D eigenvalue weighted by Gasteiger charge is -2.31. The van der Waals surface area contributed by atoms with Gasteiger partial charge in [-0.3, -0.25) is 4.98 Å². The van der Waals surface area contributed by atoms with Crippen LogP contribution in [0, 0.1) is 0 Å². The van der Waals surface area contributed by atoms with Gasteiger partial charge >= 0.3 is 0 Å². The number of hydrogen-bond acceptors (Lipinski definition) is 3. The largest absolute Gasteiger partial charge is 0.360 e. The van der Waals surface area contributed by atoms with Crippen molar-refractivity contribution in [1.82, 2.24) is 14.3 Å². The zero-order chi connectivity index (χ0) is 18.1. The number of aromatic nitrogens is 2. The average Bonchev–Trinajstić information content (AvgIpc) is 3.12. The molecule has 0 radical (unpaired) electrons. The quantitative estimate of drug-likeness (QED) is 0.763. The number of nitrogens with one attached hydrogen (secondary N) is 1. The van der Waals surface area contributed by atoms with Gasteiger partial charge in [-0.15, -0.1) is 0 Å². The van der Waals surface area contributed by atoms with E-state index < -0.39 is 10.0 Å². The molecular formula is C20H23N3O2S. The van der Waals surface area contributed by atoms with Crippen molar-refractivity contribution in [1.29, 1.82) is 0 Å². The summed E-state index contributed by atoms with van der Waals surface area (Å²) >= 11 is 0. The molecule has 0 atom stereocenters. The monoisotopic (exact) mass is 369 g/mol. The number of sulfonamides is 1. The summed E-state index contributed by atoms with van der Waals surface area (Å²) in [6.07, 6.45) is 6.37. The van der Waals surface area contributed by atoms with E-state index in [1.54, 1.807) is 22.6 Å². The first kappa shape index (κ1) is 17.2. The molecular weight excluding hydrogens is 346 g/mol. The topological polar surface area (TPSA) is 66.1 Å². The maximum absolute atomic E-state index is 12.9. The first-order chi connectivity index (χ1) is 12.6. The summed E-state index contributed by atoms with van der Waals surface area (Å²) in [4.78, 5) is 8.14. The Hall–Kier alpha value is -2.18. The van der Waals surface area contributed by atoms with Gasteiger partial charge in [0.15, 0.2) is 0 Å². The molecule has 0 aliphatic carbocycles. The van der Waals surface area contributed by atoms with Crippen molar-refractivity contribution in [3.63, 3.8) is 0 Å². The Morgan fingerprint density at radius 3 is 2.58 bits per heavy atom. The van der Waals surface area contributed by atoms with Crippen LogP contribution >= 0.6 is 0 Å². The number of rotatable bonds is 4. The van der Waals surface area contributed by atoms with Crippen LogP contribution in [0.5, 0.6) is 0 Å². The van der Waals surface area contributed by atoms with Crippen molar-refractivity contribution in [2.75, 3.05) is 13.1 Å². The molecule has 0 unspecified atom stereocenters. The van der Waals surface area contributed by atoms with Crippen LogP contribution in [0.25, 0.3) is 11.0 Å². The minimum absolute atomic E-state index is 0.340. The van der Waals surface area contributed by atoms with Crippen LogP contribution < -0.4 is 0 Å². The third-order valence-electron chi connectivity index (χ3n) is 5.33. The van der Waals surface area contributed by atoms with Gasteiger partial charge in [-0.05, 0) is 60.6 Å². The number of hydrogen-bond donors (Lipinski definition) is 1.